The van der Waals surface area contributed by atoms with Crippen molar-refractivity contribution in [3.05, 3.63) is 0 Å². The van der Waals surface area contributed by atoms with Crippen LogP contribution >= 0.6 is 0 Å². The van der Waals surface area contributed by atoms with Crippen molar-refractivity contribution in [2.24, 2.45) is 5.41 Å². The highest BCUT2D eigenvalue weighted by atomic mass is 16.3. The molecule has 3 heteroatoms. The lowest BCUT2D eigenvalue weighted by Gasteiger charge is -2.40. The van der Waals surface area contributed by atoms with Crippen LogP contribution in [0.5, 0.6) is 0 Å². The van der Waals surface area contributed by atoms with E-state index in [0.717, 1.165) is 0 Å². The highest BCUT2D eigenvalue weighted by Crippen LogP contribution is 2.35. The molecule has 1 rings (SSSR count). The fourth-order valence-corrected chi connectivity index (χ4v) is 2.27. The van der Waals surface area contributed by atoms with Crippen LogP contribution in [0.3, 0.4) is 0 Å². The van der Waals surface area contributed by atoms with Crippen molar-refractivity contribution in [2.75, 3.05) is 13.2 Å². The maximum Gasteiger partial charge on any atom is 0.0972 e. The van der Waals surface area contributed by atoms with Gasteiger partial charge in [0.15, 0.2) is 0 Å². The molecule has 0 aromatic heterocycles. The largest absolute Gasteiger partial charge is 0.393 e. The molecule has 2 atom stereocenters. The van der Waals surface area contributed by atoms with Crippen molar-refractivity contribution in [3.8, 4) is 0 Å². The maximum atomic E-state index is 9.71. The second-order valence-corrected chi connectivity index (χ2v) is 5.82. The van der Waals surface area contributed by atoms with Crippen LogP contribution in [-0.2, 0) is 0 Å². The molecular weight excluding hydrogens is 190 g/mol. The number of hydrogen-bond acceptors (Lipinski definition) is 3. The summed E-state index contributed by atoms with van der Waals surface area (Å²) in [5, 5.41) is 22.1. The van der Waals surface area contributed by atoms with Crippen molar-refractivity contribution in [1.82, 2.24) is 5.32 Å². The highest BCUT2D eigenvalue weighted by molar-refractivity contribution is 4.89. The number of rotatable bonds is 4. The Balaban J connectivity index is 2.43. The van der Waals surface area contributed by atoms with E-state index in [4.69, 9.17) is 5.11 Å². The Labute approximate surface area is 92.9 Å². The Morgan fingerprint density at radius 2 is 2.07 bits per heavy atom. The Morgan fingerprint density at radius 3 is 2.60 bits per heavy atom. The van der Waals surface area contributed by atoms with E-state index in [1.807, 2.05) is 0 Å². The van der Waals surface area contributed by atoms with Gasteiger partial charge in [-0.1, -0.05) is 26.7 Å². The van der Waals surface area contributed by atoms with Crippen molar-refractivity contribution < 1.29 is 10.2 Å². The van der Waals surface area contributed by atoms with Crippen LogP contribution < -0.4 is 5.32 Å². The Morgan fingerprint density at radius 1 is 1.40 bits per heavy atom. The van der Waals surface area contributed by atoms with Gasteiger partial charge >= 0.3 is 0 Å². The van der Waals surface area contributed by atoms with E-state index in [2.05, 4.69) is 19.2 Å². The second-order valence-electron chi connectivity index (χ2n) is 5.82. The molecule has 90 valence electrons. The first-order chi connectivity index (χ1) is 6.87. The molecule has 0 heterocycles. The molecule has 15 heavy (non-hydrogen) atoms. The van der Waals surface area contributed by atoms with Crippen molar-refractivity contribution >= 4 is 0 Å². The first kappa shape index (κ1) is 12.9. The smallest absolute Gasteiger partial charge is 0.0972 e. The van der Waals surface area contributed by atoms with Gasteiger partial charge in [0.1, 0.15) is 0 Å². The molecule has 3 nitrogen and oxygen atoms in total. The van der Waals surface area contributed by atoms with Crippen molar-refractivity contribution in [1.29, 1.82) is 0 Å². The van der Waals surface area contributed by atoms with E-state index in [1.165, 1.54) is 25.7 Å². The van der Waals surface area contributed by atoms with E-state index in [0.29, 0.717) is 18.0 Å². The summed E-state index contributed by atoms with van der Waals surface area (Å²) in [5.74, 6) is 0. The molecular formula is C12H25NO2. The molecule has 1 aliphatic carbocycles. The minimum absolute atomic E-state index is 0.187. The SMILES string of the molecule is CC(O)(CO)CNC1CCCCC1(C)C. The molecule has 0 amide bonds. The third-order valence-electron chi connectivity index (χ3n) is 3.58. The molecule has 0 radical (unpaired) electrons. The van der Waals surface area contributed by atoms with Crippen molar-refractivity contribution in [2.45, 2.75) is 58.1 Å². The number of nitrogens with one attached hydrogen (secondary N) is 1. The van der Waals surface area contributed by atoms with Crippen LogP contribution in [0.1, 0.15) is 46.5 Å². The lowest BCUT2D eigenvalue weighted by atomic mass is 9.73. The van der Waals surface area contributed by atoms with Crippen LogP contribution in [0.2, 0.25) is 0 Å². The van der Waals surface area contributed by atoms with Gasteiger partial charge in [0, 0.05) is 12.6 Å². The monoisotopic (exact) mass is 215 g/mol. The standard InChI is InChI=1S/C12H25NO2/c1-11(2)7-5-4-6-10(11)13-8-12(3,15)9-14/h10,13-15H,4-9H2,1-3H3. The average molecular weight is 215 g/mol. The molecule has 1 aliphatic rings. The van der Waals surface area contributed by atoms with Gasteiger partial charge in [0.05, 0.1) is 12.2 Å². The van der Waals surface area contributed by atoms with Crippen LogP contribution in [-0.4, -0.2) is 35.0 Å². The quantitative estimate of drug-likeness (QED) is 0.662. The molecule has 0 spiro atoms. The maximum absolute atomic E-state index is 9.71. The van der Waals surface area contributed by atoms with E-state index in [1.54, 1.807) is 6.92 Å². The van der Waals surface area contributed by atoms with Gasteiger partial charge < -0.3 is 15.5 Å². The predicted molar refractivity (Wildman–Crippen MR) is 61.7 cm³/mol. The molecule has 1 saturated carbocycles. The summed E-state index contributed by atoms with van der Waals surface area (Å²) in [7, 11) is 0. The molecule has 1 fully saturated rings. The molecule has 0 saturated heterocycles. The molecule has 0 bridgehead atoms. The second kappa shape index (κ2) is 4.81. The topological polar surface area (TPSA) is 52.5 Å². The predicted octanol–water partition coefficient (Wildman–Crippen LogP) is 1.29. The first-order valence-corrected chi connectivity index (χ1v) is 5.94. The summed E-state index contributed by atoms with van der Waals surface area (Å²) >= 11 is 0. The summed E-state index contributed by atoms with van der Waals surface area (Å²) in [5.41, 5.74) is -0.683. The Bertz CT molecular complexity index is 202. The van der Waals surface area contributed by atoms with Crippen LogP contribution in [0.15, 0.2) is 0 Å². The van der Waals surface area contributed by atoms with Crippen LogP contribution in [0.4, 0.5) is 0 Å². The molecule has 0 aromatic rings. The first-order valence-electron chi connectivity index (χ1n) is 5.94. The van der Waals surface area contributed by atoms with Gasteiger partial charge in [-0.3, -0.25) is 0 Å². The Hall–Kier alpha value is -0.120. The molecule has 2 unspecified atom stereocenters. The highest BCUT2D eigenvalue weighted by Gasteiger charge is 2.33. The van der Waals surface area contributed by atoms with Gasteiger partial charge in [0.2, 0.25) is 0 Å². The molecule has 0 aliphatic heterocycles. The summed E-state index contributed by atoms with van der Waals surface area (Å²) in [6.45, 7) is 6.50. The number of hydrogen-bond donors (Lipinski definition) is 3. The molecule has 3 N–H and O–H groups in total. The lowest BCUT2D eigenvalue weighted by Crippen LogP contribution is -2.50. The Kier molecular flexibility index (Phi) is 4.15. The van der Waals surface area contributed by atoms with E-state index < -0.39 is 5.60 Å². The van der Waals surface area contributed by atoms with E-state index >= 15 is 0 Å². The van der Waals surface area contributed by atoms with Gasteiger partial charge in [-0.05, 0) is 25.2 Å². The fraction of sp³-hybridized carbons (Fsp3) is 1.00. The van der Waals surface area contributed by atoms with Gasteiger partial charge in [-0.25, -0.2) is 0 Å². The minimum Gasteiger partial charge on any atom is -0.393 e. The molecule has 0 aromatic carbocycles. The zero-order chi connectivity index (χ0) is 11.5. The summed E-state index contributed by atoms with van der Waals surface area (Å²) < 4.78 is 0. The third kappa shape index (κ3) is 3.74. The third-order valence-corrected chi connectivity index (χ3v) is 3.58. The van der Waals surface area contributed by atoms with Gasteiger partial charge in [-0.2, -0.15) is 0 Å². The number of aliphatic hydroxyl groups is 2. The zero-order valence-electron chi connectivity index (χ0n) is 10.2. The van der Waals surface area contributed by atoms with Gasteiger partial charge in [0.25, 0.3) is 0 Å². The van der Waals surface area contributed by atoms with Crippen LogP contribution in [0, 0.1) is 5.41 Å². The fourth-order valence-electron chi connectivity index (χ4n) is 2.27. The van der Waals surface area contributed by atoms with Crippen molar-refractivity contribution in [3.63, 3.8) is 0 Å². The summed E-state index contributed by atoms with van der Waals surface area (Å²) in [6, 6.07) is 0.462. The summed E-state index contributed by atoms with van der Waals surface area (Å²) in [6.07, 6.45) is 4.99. The van der Waals surface area contributed by atoms with E-state index in [-0.39, 0.29) is 6.61 Å². The lowest BCUT2D eigenvalue weighted by molar-refractivity contribution is -0.00484. The minimum atomic E-state index is -0.993. The number of aliphatic hydroxyl groups excluding tert-OH is 1. The van der Waals surface area contributed by atoms with Crippen LogP contribution in [0.25, 0.3) is 0 Å². The average Bonchev–Trinajstić information content (AvgIpc) is 2.16. The zero-order valence-corrected chi connectivity index (χ0v) is 10.2. The van der Waals surface area contributed by atoms with E-state index in [9.17, 15) is 5.11 Å². The normalized spacial score (nSPS) is 29.8. The summed E-state index contributed by atoms with van der Waals surface area (Å²) in [4.78, 5) is 0. The van der Waals surface area contributed by atoms with Gasteiger partial charge in [-0.15, -0.1) is 0 Å².